The van der Waals surface area contributed by atoms with Crippen molar-refractivity contribution in [1.29, 1.82) is 0 Å². The second-order valence-corrected chi connectivity index (χ2v) is 6.90. The van der Waals surface area contributed by atoms with Crippen molar-refractivity contribution in [2.45, 2.75) is 0 Å². The highest BCUT2D eigenvalue weighted by atomic mass is 19.1. The van der Waals surface area contributed by atoms with Gasteiger partial charge in [-0.1, -0.05) is 18.2 Å². The molecule has 8 heteroatoms. The standard InChI is InChI=1S/C21H20FN3O4/c1-29-17-8-3-2-7-16(17)23-9-11-24(12-10-23)18(26)13-25-20(27)14-5-4-6-15(22)19(14)21(25)28/h2-8H,9-13H2,1H3. The summed E-state index contributed by atoms with van der Waals surface area (Å²) in [5, 5.41) is 0. The van der Waals surface area contributed by atoms with E-state index in [1.807, 2.05) is 24.3 Å². The molecule has 2 aliphatic heterocycles. The number of para-hydroxylation sites is 2. The van der Waals surface area contributed by atoms with Gasteiger partial charge in [0.05, 0.1) is 23.9 Å². The van der Waals surface area contributed by atoms with E-state index in [0.29, 0.717) is 26.2 Å². The Labute approximate surface area is 167 Å². The number of anilines is 1. The van der Waals surface area contributed by atoms with Gasteiger partial charge >= 0.3 is 0 Å². The average Bonchev–Trinajstić information content (AvgIpc) is 2.99. The van der Waals surface area contributed by atoms with Crippen LogP contribution in [-0.4, -0.2) is 67.4 Å². The Bertz CT molecular complexity index is 986. The van der Waals surface area contributed by atoms with E-state index in [2.05, 4.69) is 4.90 Å². The number of carbonyl (C=O) groups excluding carboxylic acids is 3. The van der Waals surface area contributed by atoms with Gasteiger partial charge in [-0.05, 0) is 24.3 Å². The number of piperazine rings is 1. The number of fused-ring (bicyclic) bond motifs is 1. The van der Waals surface area contributed by atoms with E-state index >= 15 is 0 Å². The fourth-order valence-electron chi connectivity index (χ4n) is 3.76. The molecule has 0 spiro atoms. The number of rotatable bonds is 4. The van der Waals surface area contributed by atoms with Gasteiger partial charge in [0.25, 0.3) is 11.8 Å². The Balaban J connectivity index is 1.40. The quantitative estimate of drug-likeness (QED) is 0.736. The predicted octanol–water partition coefficient (Wildman–Crippen LogP) is 1.78. The highest BCUT2D eigenvalue weighted by Crippen LogP contribution is 2.29. The van der Waals surface area contributed by atoms with Crippen LogP contribution in [0.1, 0.15) is 20.7 Å². The van der Waals surface area contributed by atoms with Crippen LogP contribution in [0.3, 0.4) is 0 Å². The van der Waals surface area contributed by atoms with Gasteiger partial charge in [0.2, 0.25) is 5.91 Å². The maximum absolute atomic E-state index is 13.9. The average molecular weight is 397 g/mol. The zero-order valence-corrected chi connectivity index (χ0v) is 15.9. The van der Waals surface area contributed by atoms with Crippen LogP contribution in [-0.2, 0) is 4.79 Å². The predicted molar refractivity (Wildman–Crippen MR) is 104 cm³/mol. The van der Waals surface area contributed by atoms with Crippen LogP contribution in [0.25, 0.3) is 0 Å². The van der Waals surface area contributed by atoms with Crippen molar-refractivity contribution in [3.8, 4) is 5.75 Å². The molecule has 2 aliphatic rings. The monoisotopic (exact) mass is 397 g/mol. The van der Waals surface area contributed by atoms with Crippen LogP contribution in [0.4, 0.5) is 10.1 Å². The molecule has 1 saturated heterocycles. The molecule has 2 aromatic carbocycles. The minimum Gasteiger partial charge on any atom is -0.495 e. The summed E-state index contributed by atoms with van der Waals surface area (Å²) >= 11 is 0. The highest BCUT2D eigenvalue weighted by Gasteiger charge is 2.39. The molecule has 0 aromatic heterocycles. The Morgan fingerprint density at radius 1 is 1.00 bits per heavy atom. The summed E-state index contributed by atoms with van der Waals surface area (Å²) in [6, 6.07) is 11.6. The lowest BCUT2D eigenvalue weighted by molar-refractivity contribution is -0.131. The fourth-order valence-corrected chi connectivity index (χ4v) is 3.76. The molecule has 3 amide bonds. The summed E-state index contributed by atoms with van der Waals surface area (Å²) in [4.78, 5) is 42.1. The number of nitrogens with zero attached hydrogens (tertiary/aromatic N) is 3. The molecule has 4 rings (SSSR count). The summed E-state index contributed by atoms with van der Waals surface area (Å²) < 4.78 is 19.3. The summed E-state index contributed by atoms with van der Waals surface area (Å²) in [5.74, 6) is -1.71. The number of methoxy groups -OCH3 is 1. The fraction of sp³-hybridized carbons (Fsp3) is 0.286. The zero-order valence-electron chi connectivity index (χ0n) is 15.9. The van der Waals surface area contributed by atoms with Crippen molar-refractivity contribution in [2.24, 2.45) is 0 Å². The number of imide groups is 1. The highest BCUT2D eigenvalue weighted by molar-refractivity contribution is 6.22. The van der Waals surface area contributed by atoms with Gasteiger partial charge in [-0.3, -0.25) is 19.3 Å². The molecule has 0 atom stereocenters. The van der Waals surface area contributed by atoms with E-state index in [4.69, 9.17) is 4.74 Å². The normalized spacial score (nSPS) is 16.3. The molecular weight excluding hydrogens is 377 g/mol. The van der Waals surface area contributed by atoms with Crippen LogP contribution >= 0.6 is 0 Å². The first kappa shape index (κ1) is 18.9. The molecule has 150 valence electrons. The van der Waals surface area contributed by atoms with E-state index in [1.165, 1.54) is 12.1 Å². The van der Waals surface area contributed by atoms with Crippen LogP contribution in [0.2, 0.25) is 0 Å². The number of amides is 3. The van der Waals surface area contributed by atoms with Gasteiger partial charge < -0.3 is 14.5 Å². The lowest BCUT2D eigenvalue weighted by Gasteiger charge is -2.37. The van der Waals surface area contributed by atoms with Crippen LogP contribution in [0.15, 0.2) is 42.5 Å². The molecule has 2 heterocycles. The number of carbonyl (C=O) groups is 3. The first-order chi connectivity index (χ1) is 14.0. The van der Waals surface area contributed by atoms with Gasteiger partial charge in [-0.2, -0.15) is 0 Å². The summed E-state index contributed by atoms with van der Waals surface area (Å²) in [6.07, 6.45) is 0. The Kier molecular flexibility index (Phi) is 4.92. The van der Waals surface area contributed by atoms with Crippen molar-refractivity contribution in [3.05, 3.63) is 59.4 Å². The molecule has 2 aromatic rings. The Morgan fingerprint density at radius 2 is 1.72 bits per heavy atom. The molecule has 0 aliphatic carbocycles. The van der Waals surface area contributed by atoms with Crippen LogP contribution < -0.4 is 9.64 Å². The van der Waals surface area contributed by atoms with Crippen molar-refractivity contribution in [3.63, 3.8) is 0 Å². The van der Waals surface area contributed by atoms with E-state index in [1.54, 1.807) is 12.0 Å². The molecule has 0 bridgehead atoms. The van der Waals surface area contributed by atoms with Gasteiger partial charge in [-0.25, -0.2) is 4.39 Å². The van der Waals surface area contributed by atoms with Crippen molar-refractivity contribution in [1.82, 2.24) is 9.80 Å². The third-order valence-corrected chi connectivity index (χ3v) is 5.30. The first-order valence-corrected chi connectivity index (χ1v) is 9.31. The molecule has 0 saturated carbocycles. The van der Waals surface area contributed by atoms with Gasteiger partial charge in [0.1, 0.15) is 18.1 Å². The minimum atomic E-state index is -0.760. The van der Waals surface area contributed by atoms with E-state index in [0.717, 1.165) is 22.4 Å². The SMILES string of the molecule is COc1ccccc1N1CCN(C(=O)CN2C(=O)c3cccc(F)c3C2=O)CC1. The maximum atomic E-state index is 13.9. The molecule has 7 nitrogen and oxygen atoms in total. The van der Waals surface area contributed by atoms with Crippen LogP contribution in [0, 0.1) is 5.82 Å². The number of hydrogen-bond donors (Lipinski definition) is 0. The lowest BCUT2D eigenvalue weighted by Crippen LogP contribution is -2.52. The van der Waals surface area contributed by atoms with E-state index < -0.39 is 17.6 Å². The molecule has 1 fully saturated rings. The topological polar surface area (TPSA) is 70.2 Å². The number of hydrogen-bond acceptors (Lipinski definition) is 5. The molecule has 0 N–H and O–H groups in total. The summed E-state index contributed by atoms with van der Waals surface area (Å²) in [7, 11) is 1.61. The Hall–Kier alpha value is -3.42. The second kappa shape index (κ2) is 7.54. The minimum absolute atomic E-state index is 0.00351. The summed E-state index contributed by atoms with van der Waals surface area (Å²) in [5.41, 5.74) is 0.702. The molecule has 29 heavy (non-hydrogen) atoms. The third-order valence-electron chi connectivity index (χ3n) is 5.30. The lowest BCUT2D eigenvalue weighted by atomic mass is 10.1. The van der Waals surface area contributed by atoms with Gasteiger partial charge in [0, 0.05) is 26.2 Å². The van der Waals surface area contributed by atoms with Crippen molar-refractivity contribution < 1.29 is 23.5 Å². The molecular formula is C21H20FN3O4. The van der Waals surface area contributed by atoms with Gasteiger partial charge in [-0.15, -0.1) is 0 Å². The number of ether oxygens (including phenoxy) is 1. The van der Waals surface area contributed by atoms with E-state index in [9.17, 15) is 18.8 Å². The van der Waals surface area contributed by atoms with Crippen LogP contribution in [0.5, 0.6) is 5.75 Å². The van der Waals surface area contributed by atoms with Crippen molar-refractivity contribution >= 4 is 23.4 Å². The van der Waals surface area contributed by atoms with Crippen molar-refractivity contribution in [2.75, 3.05) is 44.7 Å². The first-order valence-electron chi connectivity index (χ1n) is 9.31. The third kappa shape index (κ3) is 3.30. The van der Waals surface area contributed by atoms with Gasteiger partial charge in [0.15, 0.2) is 0 Å². The maximum Gasteiger partial charge on any atom is 0.265 e. The smallest absolute Gasteiger partial charge is 0.265 e. The molecule has 0 radical (unpaired) electrons. The largest absolute Gasteiger partial charge is 0.495 e. The number of benzene rings is 2. The second-order valence-electron chi connectivity index (χ2n) is 6.90. The zero-order chi connectivity index (χ0) is 20.5. The summed E-state index contributed by atoms with van der Waals surface area (Å²) in [6.45, 7) is 1.72. The Morgan fingerprint density at radius 3 is 2.41 bits per heavy atom. The number of halogens is 1. The molecule has 0 unspecified atom stereocenters. The van der Waals surface area contributed by atoms with E-state index in [-0.39, 0.29) is 23.6 Å².